The number of ether oxygens (including phenoxy) is 1. The van der Waals surface area contributed by atoms with E-state index in [1.54, 1.807) is 18.3 Å². The number of esters is 1. The van der Waals surface area contributed by atoms with Crippen LogP contribution in [0.5, 0.6) is 0 Å². The van der Waals surface area contributed by atoms with Crippen LogP contribution < -0.4 is 0 Å². The van der Waals surface area contributed by atoms with Crippen LogP contribution in [0.25, 0.3) is 10.9 Å². The third-order valence-corrected chi connectivity index (χ3v) is 6.25. The number of aromatic amines is 1. The number of aromatic nitrogens is 1. The Morgan fingerprint density at radius 3 is 2.85 bits per heavy atom. The number of thiophene rings is 1. The number of benzene rings is 1. The van der Waals surface area contributed by atoms with Crippen molar-refractivity contribution < 1.29 is 14.3 Å². The standard InChI is InChI=1S/C20H19ClN2O3S/c1-12(19(24)23-10-4-8-15(23)16-9-5-11-27-16)26-20(25)18-17(21)13-6-2-3-7-14(13)22-18/h2-3,5-7,9,11-12,15,22H,4,8,10H2,1H3/t12-,15-/m1/s1. The van der Waals surface area contributed by atoms with E-state index >= 15 is 0 Å². The van der Waals surface area contributed by atoms with Crippen molar-refractivity contribution in [2.75, 3.05) is 6.54 Å². The summed E-state index contributed by atoms with van der Waals surface area (Å²) < 4.78 is 5.44. The maximum Gasteiger partial charge on any atom is 0.357 e. The van der Waals surface area contributed by atoms with Crippen LogP contribution in [0.2, 0.25) is 5.02 Å². The highest BCUT2D eigenvalue weighted by Crippen LogP contribution is 2.35. The number of rotatable bonds is 4. The van der Waals surface area contributed by atoms with Gasteiger partial charge < -0.3 is 14.6 Å². The predicted octanol–water partition coefficient (Wildman–Crippen LogP) is 4.79. The normalized spacial score (nSPS) is 18.0. The Kier molecular flexibility index (Phi) is 4.93. The molecular formula is C20H19ClN2O3S. The molecule has 0 spiro atoms. The zero-order valence-electron chi connectivity index (χ0n) is 14.8. The fourth-order valence-electron chi connectivity index (χ4n) is 3.56. The number of halogens is 1. The quantitative estimate of drug-likeness (QED) is 0.638. The van der Waals surface area contributed by atoms with Gasteiger partial charge in [0, 0.05) is 22.3 Å². The lowest BCUT2D eigenvalue weighted by Gasteiger charge is -2.26. The average molecular weight is 403 g/mol. The zero-order valence-corrected chi connectivity index (χ0v) is 16.3. The molecule has 0 saturated carbocycles. The van der Waals surface area contributed by atoms with E-state index in [1.165, 1.54) is 0 Å². The van der Waals surface area contributed by atoms with Crippen LogP contribution in [-0.4, -0.2) is 34.4 Å². The number of hydrogen-bond acceptors (Lipinski definition) is 4. The van der Waals surface area contributed by atoms with Crippen LogP contribution >= 0.6 is 22.9 Å². The smallest absolute Gasteiger partial charge is 0.357 e. The predicted molar refractivity (Wildman–Crippen MR) is 106 cm³/mol. The van der Waals surface area contributed by atoms with E-state index in [9.17, 15) is 9.59 Å². The largest absolute Gasteiger partial charge is 0.448 e. The van der Waals surface area contributed by atoms with Crippen molar-refractivity contribution in [1.82, 2.24) is 9.88 Å². The van der Waals surface area contributed by atoms with Crippen LogP contribution in [-0.2, 0) is 9.53 Å². The Balaban J connectivity index is 1.49. The third-order valence-electron chi connectivity index (χ3n) is 4.89. The molecule has 0 unspecified atom stereocenters. The summed E-state index contributed by atoms with van der Waals surface area (Å²) in [7, 11) is 0. The molecule has 0 radical (unpaired) electrons. The van der Waals surface area contributed by atoms with Crippen molar-refractivity contribution in [3.63, 3.8) is 0 Å². The van der Waals surface area contributed by atoms with E-state index < -0.39 is 12.1 Å². The summed E-state index contributed by atoms with van der Waals surface area (Å²) in [4.78, 5) is 31.4. The van der Waals surface area contributed by atoms with E-state index in [0.29, 0.717) is 11.6 Å². The SMILES string of the molecule is C[C@@H](OC(=O)c1[nH]c2ccccc2c1Cl)C(=O)N1CCC[C@@H]1c1cccs1. The Hall–Kier alpha value is -2.31. The van der Waals surface area contributed by atoms with Crippen LogP contribution in [0.1, 0.15) is 41.2 Å². The molecule has 4 rings (SSSR count). The van der Waals surface area contributed by atoms with Gasteiger partial charge in [0.25, 0.3) is 5.91 Å². The molecule has 7 heteroatoms. The molecule has 5 nitrogen and oxygen atoms in total. The topological polar surface area (TPSA) is 62.4 Å². The minimum absolute atomic E-state index is 0.0651. The summed E-state index contributed by atoms with van der Waals surface area (Å²) in [5.74, 6) is -0.796. The molecule has 140 valence electrons. The number of para-hydroxylation sites is 1. The van der Waals surface area contributed by atoms with Crippen molar-refractivity contribution >= 4 is 45.7 Å². The molecule has 1 aromatic carbocycles. The number of likely N-dealkylation sites (tertiary alicyclic amines) is 1. The molecule has 27 heavy (non-hydrogen) atoms. The second-order valence-electron chi connectivity index (χ2n) is 6.61. The number of H-pyrrole nitrogens is 1. The van der Waals surface area contributed by atoms with Gasteiger partial charge in [-0.1, -0.05) is 35.9 Å². The van der Waals surface area contributed by atoms with Gasteiger partial charge in [-0.25, -0.2) is 4.79 Å². The van der Waals surface area contributed by atoms with Gasteiger partial charge in [0.05, 0.1) is 11.1 Å². The first-order valence-electron chi connectivity index (χ1n) is 8.87. The highest BCUT2D eigenvalue weighted by atomic mass is 35.5. The summed E-state index contributed by atoms with van der Waals surface area (Å²) in [6.45, 7) is 2.29. The van der Waals surface area contributed by atoms with Crippen molar-refractivity contribution in [2.24, 2.45) is 0 Å². The summed E-state index contributed by atoms with van der Waals surface area (Å²) in [6, 6.07) is 11.5. The number of amides is 1. The zero-order chi connectivity index (χ0) is 19.0. The molecule has 2 atom stereocenters. The lowest BCUT2D eigenvalue weighted by atomic mass is 10.2. The minimum Gasteiger partial charge on any atom is -0.448 e. The number of nitrogens with zero attached hydrogens (tertiary/aromatic N) is 1. The molecule has 1 N–H and O–H groups in total. The molecule has 3 aromatic rings. The van der Waals surface area contributed by atoms with Gasteiger partial charge >= 0.3 is 5.97 Å². The van der Waals surface area contributed by atoms with Gasteiger partial charge in [0.1, 0.15) is 5.69 Å². The van der Waals surface area contributed by atoms with Gasteiger partial charge in [0.15, 0.2) is 6.10 Å². The van der Waals surface area contributed by atoms with Gasteiger partial charge in [0.2, 0.25) is 0 Å². The molecule has 1 aliphatic rings. The van der Waals surface area contributed by atoms with E-state index in [-0.39, 0.29) is 17.6 Å². The number of carbonyl (C=O) groups is 2. The molecule has 0 bridgehead atoms. The van der Waals surface area contributed by atoms with Crippen LogP contribution in [0, 0.1) is 0 Å². The van der Waals surface area contributed by atoms with E-state index in [1.807, 2.05) is 46.7 Å². The van der Waals surface area contributed by atoms with Gasteiger partial charge in [-0.2, -0.15) is 0 Å². The van der Waals surface area contributed by atoms with E-state index in [4.69, 9.17) is 16.3 Å². The molecular weight excluding hydrogens is 384 g/mol. The number of fused-ring (bicyclic) bond motifs is 1. The van der Waals surface area contributed by atoms with Gasteiger partial charge in [-0.15, -0.1) is 11.3 Å². The molecule has 1 saturated heterocycles. The fourth-order valence-corrected chi connectivity index (χ4v) is 4.72. The van der Waals surface area contributed by atoms with Crippen LogP contribution in [0.15, 0.2) is 41.8 Å². The molecule has 1 fully saturated rings. The Morgan fingerprint density at radius 1 is 1.30 bits per heavy atom. The third kappa shape index (κ3) is 3.35. The maximum absolute atomic E-state index is 12.9. The van der Waals surface area contributed by atoms with Crippen molar-refractivity contribution in [2.45, 2.75) is 31.9 Å². The molecule has 3 heterocycles. The highest BCUT2D eigenvalue weighted by Gasteiger charge is 2.34. The van der Waals surface area contributed by atoms with Crippen molar-refractivity contribution in [3.8, 4) is 0 Å². The summed E-state index contributed by atoms with van der Waals surface area (Å²) in [5, 5.41) is 3.08. The summed E-state index contributed by atoms with van der Waals surface area (Å²) >= 11 is 7.95. The van der Waals surface area contributed by atoms with Crippen molar-refractivity contribution in [3.05, 3.63) is 57.4 Å². The molecule has 1 amide bonds. The van der Waals surface area contributed by atoms with Gasteiger partial charge in [-0.3, -0.25) is 4.79 Å². The Bertz CT molecular complexity index is 982. The first kappa shape index (κ1) is 18.1. The van der Waals surface area contributed by atoms with Crippen LogP contribution in [0.3, 0.4) is 0 Å². The van der Waals surface area contributed by atoms with E-state index in [0.717, 1.165) is 28.6 Å². The number of hydrogen-bond donors (Lipinski definition) is 1. The maximum atomic E-state index is 12.9. The second-order valence-corrected chi connectivity index (χ2v) is 7.97. The summed E-state index contributed by atoms with van der Waals surface area (Å²) in [6.07, 6.45) is 1.00. The molecule has 0 aliphatic carbocycles. The second kappa shape index (κ2) is 7.37. The molecule has 1 aliphatic heterocycles. The monoisotopic (exact) mass is 402 g/mol. The lowest BCUT2D eigenvalue weighted by Crippen LogP contribution is -2.39. The first-order chi connectivity index (χ1) is 13.1. The lowest BCUT2D eigenvalue weighted by molar-refractivity contribution is -0.140. The highest BCUT2D eigenvalue weighted by molar-refractivity contribution is 7.10. The summed E-state index contributed by atoms with van der Waals surface area (Å²) in [5.41, 5.74) is 0.930. The fraction of sp³-hybridized carbons (Fsp3) is 0.300. The van der Waals surface area contributed by atoms with Crippen molar-refractivity contribution in [1.29, 1.82) is 0 Å². The van der Waals surface area contributed by atoms with Crippen LogP contribution in [0.4, 0.5) is 0 Å². The number of carbonyl (C=O) groups excluding carboxylic acids is 2. The average Bonchev–Trinajstić information content (AvgIpc) is 3.41. The first-order valence-corrected chi connectivity index (χ1v) is 10.1. The Labute approximate surface area is 165 Å². The Morgan fingerprint density at radius 2 is 2.11 bits per heavy atom. The number of nitrogens with one attached hydrogen (secondary N) is 1. The van der Waals surface area contributed by atoms with E-state index in [2.05, 4.69) is 4.98 Å². The van der Waals surface area contributed by atoms with Gasteiger partial charge in [-0.05, 0) is 37.3 Å². The molecule has 2 aromatic heterocycles. The minimum atomic E-state index is -0.874.